The molecule has 4 aromatic rings. The van der Waals surface area contributed by atoms with E-state index in [1.807, 2.05) is 61.5 Å². The van der Waals surface area contributed by atoms with Crippen molar-refractivity contribution in [2.24, 2.45) is 0 Å². The van der Waals surface area contributed by atoms with E-state index in [2.05, 4.69) is 5.32 Å². The van der Waals surface area contributed by atoms with Gasteiger partial charge in [-0.05, 0) is 68.1 Å². The van der Waals surface area contributed by atoms with Crippen LogP contribution < -0.4 is 14.4 Å². The molecule has 0 aliphatic heterocycles. The minimum absolute atomic E-state index is 0.0195. The summed E-state index contributed by atoms with van der Waals surface area (Å²) in [7, 11) is -3.06. The zero-order chi connectivity index (χ0) is 36.5. The van der Waals surface area contributed by atoms with Crippen molar-refractivity contribution in [2.75, 3.05) is 18.0 Å². The second-order valence-electron chi connectivity index (χ2n) is 13.0. The fourth-order valence-corrected chi connectivity index (χ4v) is 7.89. The van der Waals surface area contributed by atoms with Crippen LogP contribution in [0.3, 0.4) is 0 Å². The highest BCUT2D eigenvalue weighted by atomic mass is 32.2. The van der Waals surface area contributed by atoms with Gasteiger partial charge in [0.25, 0.3) is 15.7 Å². The molecule has 0 heterocycles. The van der Waals surface area contributed by atoms with E-state index in [1.54, 1.807) is 12.1 Å². The molecule has 1 aliphatic carbocycles. The van der Waals surface area contributed by atoms with E-state index in [9.17, 15) is 28.1 Å². The number of nitrogens with one attached hydrogen (secondary N) is 1. The number of benzene rings is 4. The summed E-state index contributed by atoms with van der Waals surface area (Å²) in [5.74, 6) is -0.450. The number of hydrogen-bond acceptors (Lipinski definition) is 7. The van der Waals surface area contributed by atoms with Crippen molar-refractivity contribution in [3.05, 3.63) is 129 Å². The van der Waals surface area contributed by atoms with Gasteiger partial charge in [-0.2, -0.15) is 0 Å². The molecule has 1 N–H and O–H groups in total. The van der Waals surface area contributed by atoms with Gasteiger partial charge in [-0.25, -0.2) is 8.42 Å². The third-order valence-corrected chi connectivity index (χ3v) is 11.0. The van der Waals surface area contributed by atoms with Crippen LogP contribution in [-0.4, -0.2) is 55.8 Å². The molecular formula is C39H44N4O7S. The number of amides is 2. The zero-order valence-corrected chi connectivity index (χ0v) is 30.0. The second-order valence-corrected chi connectivity index (χ2v) is 14.8. The fraction of sp³-hybridized carbons (Fsp3) is 0.333. The van der Waals surface area contributed by atoms with Crippen LogP contribution in [0.25, 0.3) is 0 Å². The molecule has 0 bridgehead atoms. The first-order valence-electron chi connectivity index (χ1n) is 17.1. The first-order valence-corrected chi connectivity index (χ1v) is 18.5. The highest BCUT2D eigenvalue weighted by Gasteiger charge is 2.36. The lowest BCUT2D eigenvalue weighted by atomic mass is 9.94. The Morgan fingerprint density at radius 3 is 2.24 bits per heavy atom. The maximum Gasteiger partial charge on any atom is 0.273 e. The van der Waals surface area contributed by atoms with Crippen LogP contribution >= 0.6 is 0 Å². The largest absolute Gasteiger partial charge is 0.497 e. The number of sulfonamides is 1. The number of methoxy groups -OCH3 is 1. The molecule has 11 nitrogen and oxygen atoms in total. The number of nitrogens with zero attached hydrogens (tertiary/aromatic N) is 3. The van der Waals surface area contributed by atoms with E-state index in [0.717, 1.165) is 59.2 Å². The summed E-state index contributed by atoms with van der Waals surface area (Å²) >= 11 is 0. The number of nitro groups is 1. The minimum atomic E-state index is -4.54. The molecule has 5 rings (SSSR count). The van der Waals surface area contributed by atoms with Gasteiger partial charge in [0.05, 0.1) is 22.6 Å². The monoisotopic (exact) mass is 712 g/mol. The van der Waals surface area contributed by atoms with E-state index in [4.69, 9.17) is 4.74 Å². The number of carbonyl (C=O) groups is 2. The van der Waals surface area contributed by atoms with Gasteiger partial charge < -0.3 is 15.0 Å². The summed E-state index contributed by atoms with van der Waals surface area (Å²) in [4.78, 5) is 41.3. The van der Waals surface area contributed by atoms with Crippen LogP contribution in [0.1, 0.15) is 54.4 Å². The normalized spacial score (nSPS) is 13.9. The molecule has 0 radical (unpaired) electrons. The maximum atomic E-state index is 14.8. The van der Waals surface area contributed by atoms with Gasteiger partial charge in [-0.3, -0.25) is 24.0 Å². The molecular weight excluding hydrogens is 669 g/mol. The molecule has 51 heavy (non-hydrogen) atoms. The summed E-state index contributed by atoms with van der Waals surface area (Å²) in [5.41, 5.74) is 2.67. The quantitative estimate of drug-likeness (QED) is 0.116. The number of aryl methyl sites for hydroxylation is 2. The molecule has 1 unspecified atom stereocenters. The molecule has 268 valence electrons. The molecule has 2 amide bonds. The highest BCUT2D eigenvalue weighted by molar-refractivity contribution is 7.92. The Labute approximate surface area is 299 Å². The van der Waals surface area contributed by atoms with Gasteiger partial charge in [-0.15, -0.1) is 0 Å². The van der Waals surface area contributed by atoms with Crippen molar-refractivity contribution in [2.45, 2.75) is 75.9 Å². The van der Waals surface area contributed by atoms with E-state index < -0.39 is 33.4 Å². The third-order valence-electron chi connectivity index (χ3n) is 9.26. The standard InChI is InChI=1S/C39H44N4O7S/c1-28-11-10-14-31(23-28)26-41(37(24-30-12-6-4-7-13-30)39(45)40-32-15-8-5-9-16-32)38(44)27-42(33-18-20-34(50-3)21-19-33)51(48,49)35-22-17-29(2)36(25-35)43(46)47/h4,6-7,10-14,17-23,25,32,37H,5,8-9,15-16,24,26-27H2,1-3H3,(H,40,45). The van der Waals surface area contributed by atoms with Crippen LogP contribution in [0.15, 0.2) is 102 Å². The zero-order valence-electron chi connectivity index (χ0n) is 29.2. The smallest absolute Gasteiger partial charge is 0.273 e. The molecule has 0 spiro atoms. The van der Waals surface area contributed by atoms with Crippen molar-refractivity contribution in [1.29, 1.82) is 0 Å². The van der Waals surface area contributed by atoms with E-state index >= 15 is 0 Å². The van der Waals surface area contributed by atoms with Crippen LogP contribution in [0.4, 0.5) is 11.4 Å². The lowest BCUT2D eigenvalue weighted by Crippen LogP contribution is -2.55. The predicted octanol–water partition coefficient (Wildman–Crippen LogP) is 6.50. The number of nitro benzene ring substituents is 1. The Hall–Kier alpha value is -5.23. The first kappa shape index (κ1) is 37.0. The van der Waals surface area contributed by atoms with Gasteiger partial charge >= 0.3 is 0 Å². The van der Waals surface area contributed by atoms with Crippen molar-refractivity contribution in [1.82, 2.24) is 10.2 Å². The van der Waals surface area contributed by atoms with Crippen LogP contribution in [0, 0.1) is 24.0 Å². The van der Waals surface area contributed by atoms with Crippen molar-refractivity contribution in [3.8, 4) is 5.75 Å². The van der Waals surface area contributed by atoms with Crippen molar-refractivity contribution >= 4 is 33.2 Å². The lowest BCUT2D eigenvalue weighted by molar-refractivity contribution is -0.385. The Bertz CT molecular complexity index is 1950. The number of hydrogen-bond donors (Lipinski definition) is 1. The number of carbonyl (C=O) groups excluding carboxylic acids is 2. The fourth-order valence-electron chi connectivity index (χ4n) is 6.46. The molecule has 12 heteroatoms. The molecule has 1 atom stereocenters. The third kappa shape index (κ3) is 9.31. The van der Waals surface area contributed by atoms with Gasteiger partial charge in [0.1, 0.15) is 18.3 Å². The lowest BCUT2D eigenvalue weighted by Gasteiger charge is -2.35. The van der Waals surface area contributed by atoms with Crippen molar-refractivity contribution in [3.63, 3.8) is 0 Å². The predicted molar refractivity (Wildman–Crippen MR) is 196 cm³/mol. The number of anilines is 1. The molecule has 0 saturated heterocycles. The Morgan fingerprint density at radius 1 is 0.902 bits per heavy atom. The Morgan fingerprint density at radius 2 is 1.59 bits per heavy atom. The summed E-state index contributed by atoms with van der Waals surface area (Å²) in [6.07, 6.45) is 5.02. The Balaban J connectivity index is 1.59. The summed E-state index contributed by atoms with van der Waals surface area (Å²) < 4.78 is 35.0. The molecule has 1 saturated carbocycles. The molecule has 0 aromatic heterocycles. The van der Waals surface area contributed by atoms with E-state index in [-0.39, 0.29) is 41.2 Å². The Kier molecular flexibility index (Phi) is 12.1. The topological polar surface area (TPSA) is 139 Å². The minimum Gasteiger partial charge on any atom is -0.497 e. The summed E-state index contributed by atoms with van der Waals surface area (Å²) in [5, 5.41) is 15.0. The molecule has 1 fully saturated rings. The van der Waals surface area contributed by atoms with Crippen LogP contribution in [-0.2, 0) is 32.6 Å². The SMILES string of the molecule is COc1ccc(N(CC(=O)N(Cc2cccc(C)c2)C(Cc2ccccc2)C(=O)NC2CCCCC2)S(=O)(=O)c2ccc(C)c([N+](=O)[O-])c2)cc1. The van der Waals surface area contributed by atoms with E-state index in [0.29, 0.717) is 11.3 Å². The average molecular weight is 713 g/mol. The summed E-state index contributed by atoms with van der Waals surface area (Å²) in [6.45, 7) is 2.83. The number of ether oxygens (including phenoxy) is 1. The number of rotatable bonds is 14. The first-order chi connectivity index (χ1) is 24.5. The van der Waals surface area contributed by atoms with E-state index in [1.165, 1.54) is 43.2 Å². The highest BCUT2D eigenvalue weighted by Crippen LogP contribution is 2.30. The average Bonchev–Trinajstić information content (AvgIpc) is 3.12. The molecule has 4 aromatic carbocycles. The van der Waals surface area contributed by atoms with Crippen LogP contribution in [0.2, 0.25) is 0 Å². The van der Waals surface area contributed by atoms with Gasteiger partial charge in [0.15, 0.2) is 0 Å². The van der Waals surface area contributed by atoms with Crippen molar-refractivity contribution < 1.29 is 27.7 Å². The van der Waals surface area contributed by atoms with Gasteiger partial charge in [-0.1, -0.05) is 85.5 Å². The van der Waals surface area contributed by atoms with Crippen LogP contribution in [0.5, 0.6) is 5.75 Å². The summed E-state index contributed by atoms with van der Waals surface area (Å²) in [6, 6.07) is 25.9. The van der Waals surface area contributed by atoms with Gasteiger partial charge in [0, 0.05) is 30.6 Å². The second kappa shape index (κ2) is 16.7. The molecule has 1 aliphatic rings. The maximum absolute atomic E-state index is 14.8. The van der Waals surface area contributed by atoms with Gasteiger partial charge in [0.2, 0.25) is 11.8 Å².